The Kier molecular flexibility index (Phi) is 5.25. The fraction of sp³-hybridized carbons (Fsp3) is 0.474. The van der Waals surface area contributed by atoms with Crippen molar-refractivity contribution >= 4 is 11.2 Å². The van der Waals surface area contributed by atoms with E-state index in [4.69, 9.17) is 14.5 Å². The molecule has 0 amide bonds. The summed E-state index contributed by atoms with van der Waals surface area (Å²) in [5.41, 5.74) is 0.653. The number of ether oxygens (including phenoxy) is 2. The van der Waals surface area contributed by atoms with Gasteiger partial charge < -0.3 is 19.8 Å². The molecule has 0 saturated carbocycles. The summed E-state index contributed by atoms with van der Waals surface area (Å²) in [5, 5.41) is 3.35. The number of imidazole rings is 1. The second-order valence-corrected chi connectivity index (χ2v) is 6.83. The average Bonchev–Trinajstić information content (AvgIpc) is 3.18. The van der Waals surface area contributed by atoms with Crippen LogP contribution < -0.4 is 20.3 Å². The highest BCUT2D eigenvalue weighted by molar-refractivity contribution is 5.70. The minimum absolute atomic E-state index is 0.217. The van der Waals surface area contributed by atoms with Crippen molar-refractivity contribution in [1.29, 1.82) is 0 Å². The molecule has 4 heterocycles. The number of nitrogens with one attached hydrogen (secondary N) is 2. The number of rotatable bonds is 6. The predicted octanol–water partition coefficient (Wildman–Crippen LogP) is 2.19. The minimum atomic E-state index is -0.369. The number of hydrogen-bond acceptors (Lipinski definition) is 7. The van der Waals surface area contributed by atoms with E-state index in [-0.39, 0.29) is 11.6 Å². The van der Waals surface area contributed by atoms with Gasteiger partial charge in [0.1, 0.15) is 11.6 Å². The van der Waals surface area contributed by atoms with Crippen LogP contribution in [-0.4, -0.2) is 44.7 Å². The summed E-state index contributed by atoms with van der Waals surface area (Å²) in [6.07, 6.45) is 4.38. The average molecular weight is 384 g/mol. The van der Waals surface area contributed by atoms with Crippen LogP contribution in [0.4, 0.5) is 0 Å². The van der Waals surface area contributed by atoms with E-state index in [1.165, 1.54) is 6.20 Å². The Morgan fingerprint density at radius 3 is 2.75 bits per heavy atom. The van der Waals surface area contributed by atoms with E-state index in [2.05, 4.69) is 27.2 Å². The zero-order chi connectivity index (χ0) is 19.5. The Morgan fingerprint density at radius 2 is 2.07 bits per heavy atom. The van der Waals surface area contributed by atoms with Crippen molar-refractivity contribution in [2.75, 3.05) is 20.2 Å². The summed E-state index contributed by atoms with van der Waals surface area (Å²) in [4.78, 5) is 28.9. The van der Waals surface area contributed by atoms with Crippen LogP contribution in [-0.2, 0) is 6.54 Å². The highest BCUT2D eigenvalue weighted by Crippen LogP contribution is 2.27. The maximum Gasteiger partial charge on any atom is 0.307 e. The molecule has 0 radical (unpaired) electrons. The van der Waals surface area contributed by atoms with Crippen molar-refractivity contribution < 1.29 is 9.47 Å². The summed E-state index contributed by atoms with van der Waals surface area (Å²) in [7, 11) is 1.55. The van der Waals surface area contributed by atoms with Crippen LogP contribution in [0.1, 0.15) is 37.9 Å². The van der Waals surface area contributed by atoms with Crippen LogP contribution >= 0.6 is 0 Å². The van der Waals surface area contributed by atoms with Gasteiger partial charge in [-0.3, -0.25) is 9.36 Å². The Labute approximate surface area is 162 Å². The van der Waals surface area contributed by atoms with Crippen LogP contribution in [0.3, 0.4) is 0 Å². The number of fused-ring (bicyclic) bond motifs is 1. The number of hydrogen-bond donors (Lipinski definition) is 2. The van der Waals surface area contributed by atoms with Crippen LogP contribution in [0.2, 0.25) is 0 Å². The van der Waals surface area contributed by atoms with E-state index in [9.17, 15) is 4.79 Å². The molecule has 9 nitrogen and oxygen atoms in total. The van der Waals surface area contributed by atoms with Gasteiger partial charge in [-0.25, -0.2) is 9.97 Å². The van der Waals surface area contributed by atoms with Crippen LogP contribution in [0.15, 0.2) is 23.1 Å². The number of aromatic amines is 1. The molecule has 0 bridgehead atoms. The summed E-state index contributed by atoms with van der Waals surface area (Å²) in [6, 6.07) is 3.64. The third-order valence-corrected chi connectivity index (χ3v) is 4.90. The first-order valence-electron chi connectivity index (χ1n) is 9.58. The fourth-order valence-electron chi connectivity index (χ4n) is 3.47. The van der Waals surface area contributed by atoms with Crippen molar-refractivity contribution in [3.05, 3.63) is 34.5 Å². The number of piperidine rings is 1. The molecule has 2 N–H and O–H groups in total. The zero-order valence-corrected chi connectivity index (χ0v) is 16.1. The SMILES string of the molecule is CCCn1c(Oc2ccc(OC)nc2)nc(=O)c2[nH]c(C3CCNCC3)nc21. The van der Waals surface area contributed by atoms with Gasteiger partial charge in [-0.15, -0.1) is 0 Å². The number of aromatic nitrogens is 5. The van der Waals surface area contributed by atoms with Crippen LogP contribution in [0, 0.1) is 0 Å². The van der Waals surface area contributed by atoms with Gasteiger partial charge >= 0.3 is 11.6 Å². The smallest absolute Gasteiger partial charge is 0.307 e. The molecule has 3 aromatic rings. The molecule has 1 aliphatic heterocycles. The quantitative estimate of drug-likeness (QED) is 0.671. The van der Waals surface area contributed by atoms with Crippen molar-refractivity contribution in [3.8, 4) is 17.6 Å². The molecule has 0 spiro atoms. The van der Waals surface area contributed by atoms with Crippen LogP contribution in [0.5, 0.6) is 17.6 Å². The van der Waals surface area contributed by atoms with Crippen LogP contribution in [0.25, 0.3) is 11.2 Å². The predicted molar refractivity (Wildman–Crippen MR) is 104 cm³/mol. The van der Waals surface area contributed by atoms with Crippen molar-refractivity contribution in [1.82, 2.24) is 29.8 Å². The van der Waals surface area contributed by atoms with E-state index in [1.54, 1.807) is 19.2 Å². The second kappa shape index (κ2) is 7.97. The third kappa shape index (κ3) is 3.57. The molecule has 28 heavy (non-hydrogen) atoms. The van der Waals surface area contributed by atoms with Gasteiger partial charge in [0.05, 0.1) is 13.3 Å². The lowest BCUT2D eigenvalue weighted by Crippen LogP contribution is -2.27. The Balaban J connectivity index is 1.74. The lowest BCUT2D eigenvalue weighted by atomic mass is 9.98. The molecule has 1 aliphatic rings. The molecule has 0 aliphatic carbocycles. The number of H-pyrrole nitrogens is 1. The molecule has 0 unspecified atom stereocenters. The van der Waals surface area contributed by atoms with E-state index in [1.807, 2.05) is 4.57 Å². The maximum absolute atomic E-state index is 12.6. The van der Waals surface area contributed by atoms with E-state index in [0.29, 0.717) is 35.3 Å². The molecular formula is C19H24N6O3. The molecule has 1 fully saturated rings. The molecule has 0 aromatic carbocycles. The van der Waals surface area contributed by atoms with Crippen molar-refractivity contribution in [2.45, 2.75) is 38.6 Å². The molecule has 148 valence electrons. The Morgan fingerprint density at radius 1 is 1.25 bits per heavy atom. The topological polar surface area (TPSA) is 107 Å². The number of nitrogens with zero attached hydrogens (tertiary/aromatic N) is 4. The molecule has 0 atom stereocenters. The standard InChI is InChI=1S/C19H24N6O3/c1-3-10-25-17-15(22-16(23-17)12-6-8-20-9-7-12)18(26)24-19(25)28-13-4-5-14(27-2)21-11-13/h4-5,11-12,20H,3,6-10H2,1-2H3,(H,22,23). The monoisotopic (exact) mass is 384 g/mol. The number of pyridine rings is 1. The van der Waals surface area contributed by atoms with Gasteiger partial charge in [-0.2, -0.15) is 4.98 Å². The normalized spacial score (nSPS) is 15.1. The third-order valence-electron chi connectivity index (χ3n) is 4.90. The summed E-state index contributed by atoms with van der Waals surface area (Å²) >= 11 is 0. The zero-order valence-electron chi connectivity index (χ0n) is 16.1. The molecule has 1 saturated heterocycles. The highest BCUT2D eigenvalue weighted by Gasteiger charge is 2.22. The Bertz CT molecular complexity index is 1000. The summed E-state index contributed by atoms with van der Waals surface area (Å²) < 4.78 is 12.8. The molecule has 3 aromatic heterocycles. The first kappa shape index (κ1) is 18.4. The minimum Gasteiger partial charge on any atom is -0.481 e. The number of methoxy groups -OCH3 is 1. The largest absolute Gasteiger partial charge is 0.481 e. The molecular weight excluding hydrogens is 360 g/mol. The fourth-order valence-corrected chi connectivity index (χ4v) is 3.47. The highest BCUT2D eigenvalue weighted by atomic mass is 16.5. The second-order valence-electron chi connectivity index (χ2n) is 6.83. The Hall–Kier alpha value is -2.94. The van der Waals surface area contributed by atoms with Gasteiger partial charge in [-0.05, 0) is 38.4 Å². The lowest BCUT2D eigenvalue weighted by molar-refractivity contribution is 0.385. The van der Waals surface area contributed by atoms with Crippen molar-refractivity contribution in [2.24, 2.45) is 0 Å². The summed E-state index contributed by atoms with van der Waals surface area (Å²) in [5.74, 6) is 2.13. The van der Waals surface area contributed by atoms with E-state index < -0.39 is 0 Å². The van der Waals surface area contributed by atoms with Gasteiger partial charge in [0.2, 0.25) is 5.88 Å². The van der Waals surface area contributed by atoms with Gasteiger partial charge in [0.15, 0.2) is 11.2 Å². The number of aryl methyl sites for hydroxylation is 1. The van der Waals surface area contributed by atoms with Gasteiger partial charge in [0, 0.05) is 18.5 Å². The summed E-state index contributed by atoms with van der Waals surface area (Å²) in [6.45, 7) is 4.61. The maximum atomic E-state index is 12.6. The first-order valence-corrected chi connectivity index (χ1v) is 9.58. The van der Waals surface area contributed by atoms with E-state index >= 15 is 0 Å². The van der Waals surface area contributed by atoms with Crippen molar-refractivity contribution in [3.63, 3.8) is 0 Å². The van der Waals surface area contributed by atoms with Gasteiger partial charge in [0.25, 0.3) is 0 Å². The lowest BCUT2D eigenvalue weighted by Gasteiger charge is -2.20. The molecule has 4 rings (SSSR count). The molecule has 9 heteroatoms. The van der Waals surface area contributed by atoms with E-state index in [0.717, 1.165) is 38.2 Å². The van der Waals surface area contributed by atoms with Gasteiger partial charge in [-0.1, -0.05) is 6.92 Å². The first-order chi connectivity index (χ1) is 13.7.